The van der Waals surface area contributed by atoms with Crippen molar-refractivity contribution in [3.8, 4) is 0 Å². The minimum absolute atomic E-state index is 0.0395. The average Bonchev–Trinajstić information content (AvgIpc) is 3.10. The van der Waals surface area contributed by atoms with E-state index in [0.717, 1.165) is 21.7 Å². The van der Waals surface area contributed by atoms with E-state index in [4.69, 9.17) is 0 Å². The van der Waals surface area contributed by atoms with Crippen molar-refractivity contribution >= 4 is 45.2 Å². The van der Waals surface area contributed by atoms with Crippen molar-refractivity contribution in [3.63, 3.8) is 0 Å². The monoisotopic (exact) mass is 332 g/mol. The standard InChI is InChI=1S/C15H16N4OS2/c1-9-7-16-15(22-9)19-13(20)8-21-10(2)14-17-11-5-3-4-6-12(11)18-14/h3-7,10H,8H2,1-2H3,(H,17,18)(H,16,19,20)/t10-/m1/s1. The maximum Gasteiger partial charge on any atom is 0.236 e. The van der Waals surface area contributed by atoms with Crippen LogP contribution in [0.25, 0.3) is 11.0 Å². The molecule has 0 saturated carbocycles. The van der Waals surface area contributed by atoms with Crippen LogP contribution in [0.15, 0.2) is 30.5 Å². The first-order valence-electron chi connectivity index (χ1n) is 6.90. The third-order valence-corrected chi connectivity index (χ3v) is 5.11. The first-order chi connectivity index (χ1) is 10.6. The Kier molecular flexibility index (Phi) is 4.44. The zero-order valence-electron chi connectivity index (χ0n) is 12.3. The number of aryl methyl sites for hydroxylation is 1. The molecule has 114 valence electrons. The number of hydrogen-bond donors (Lipinski definition) is 2. The molecule has 2 N–H and O–H groups in total. The second-order valence-electron chi connectivity index (χ2n) is 4.92. The fourth-order valence-electron chi connectivity index (χ4n) is 2.01. The number of aromatic amines is 1. The lowest BCUT2D eigenvalue weighted by Crippen LogP contribution is -2.14. The van der Waals surface area contributed by atoms with Crippen LogP contribution in [-0.2, 0) is 4.79 Å². The van der Waals surface area contributed by atoms with Gasteiger partial charge < -0.3 is 10.3 Å². The number of thioether (sulfide) groups is 1. The Bertz CT molecular complexity index is 763. The van der Waals surface area contributed by atoms with Crippen LogP contribution >= 0.6 is 23.1 Å². The highest BCUT2D eigenvalue weighted by Gasteiger charge is 2.14. The van der Waals surface area contributed by atoms with Gasteiger partial charge in [0.25, 0.3) is 0 Å². The van der Waals surface area contributed by atoms with Crippen LogP contribution < -0.4 is 5.32 Å². The molecule has 0 fully saturated rings. The summed E-state index contributed by atoms with van der Waals surface area (Å²) in [6.45, 7) is 4.01. The highest BCUT2D eigenvalue weighted by Crippen LogP contribution is 2.28. The highest BCUT2D eigenvalue weighted by atomic mass is 32.2. The quantitative estimate of drug-likeness (QED) is 0.746. The Balaban J connectivity index is 1.57. The number of hydrogen-bond acceptors (Lipinski definition) is 5. The Morgan fingerprint density at radius 2 is 2.27 bits per heavy atom. The summed E-state index contributed by atoms with van der Waals surface area (Å²) in [5.74, 6) is 1.23. The van der Waals surface area contributed by atoms with Crippen LogP contribution in [0.3, 0.4) is 0 Å². The molecule has 0 saturated heterocycles. The van der Waals surface area contributed by atoms with Crippen molar-refractivity contribution in [1.29, 1.82) is 0 Å². The molecular weight excluding hydrogens is 316 g/mol. The molecule has 0 spiro atoms. The summed E-state index contributed by atoms with van der Waals surface area (Å²) in [7, 11) is 0. The third-order valence-electron chi connectivity index (χ3n) is 3.12. The van der Waals surface area contributed by atoms with Crippen LogP contribution in [0, 0.1) is 6.92 Å². The molecule has 1 amide bonds. The summed E-state index contributed by atoms with van der Waals surface area (Å²) in [6.07, 6.45) is 1.75. The van der Waals surface area contributed by atoms with Crippen LogP contribution in [0.5, 0.6) is 0 Å². The van der Waals surface area contributed by atoms with Crippen LogP contribution in [0.4, 0.5) is 5.13 Å². The summed E-state index contributed by atoms with van der Waals surface area (Å²) < 4.78 is 0. The smallest absolute Gasteiger partial charge is 0.236 e. The Morgan fingerprint density at radius 3 is 3.00 bits per heavy atom. The first kappa shape index (κ1) is 15.1. The minimum atomic E-state index is -0.0395. The highest BCUT2D eigenvalue weighted by molar-refractivity contribution is 8.00. The molecule has 1 aromatic carbocycles. The molecular formula is C15H16N4OS2. The molecule has 3 rings (SSSR count). The molecule has 0 radical (unpaired) electrons. The van der Waals surface area contributed by atoms with E-state index in [1.165, 1.54) is 11.3 Å². The third kappa shape index (κ3) is 3.48. The van der Waals surface area contributed by atoms with Crippen molar-refractivity contribution in [2.75, 3.05) is 11.1 Å². The zero-order chi connectivity index (χ0) is 15.5. The van der Waals surface area contributed by atoms with Crippen molar-refractivity contribution in [2.24, 2.45) is 0 Å². The van der Waals surface area contributed by atoms with Crippen molar-refractivity contribution < 1.29 is 4.79 Å². The Hall–Kier alpha value is -1.86. The van der Waals surface area contributed by atoms with Gasteiger partial charge in [-0.15, -0.1) is 23.1 Å². The second kappa shape index (κ2) is 6.50. The molecule has 22 heavy (non-hydrogen) atoms. The number of anilines is 1. The van der Waals surface area contributed by atoms with Crippen LogP contribution in [0.1, 0.15) is 22.9 Å². The number of aromatic nitrogens is 3. The number of rotatable bonds is 5. The van der Waals surface area contributed by atoms with Gasteiger partial charge in [-0.25, -0.2) is 9.97 Å². The maximum atomic E-state index is 11.9. The number of H-pyrrole nitrogens is 1. The van der Waals surface area contributed by atoms with Crippen molar-refractivity contribution in [2.45, 2.75) is 19.1 Å². The lowest BCUT2D eigenvalue weighted by Gasteiger charge is -2.07. The van der Waals surface area contributed by atoms with Gasteiger partial charge in [0.15, 0.2) is 5.13 Å². The van der Waals surface area contributed by atoms with Gasteiger partial charge in [-0.3, -0.25) is 4.79 Å². The maximum absolute atomic E-state index is 11.9. The largest absolute Gasteiger partial charge is 0.341 e. The van der Waals surface area contributed by atoms with E-state index in [2.05, 4.69) is 20.3 Å². The normalized spacial score (nSPS) is 12.5. The van der Waals surface area contributed by atoms with E-state index in [0.29, 0.717) is 10.9 Å². The van der Waals surface area contributed by atoms with E-state index in [1.54, 1.807) is 18.0 Å². The van der Waals surface area contributed by atoms with Crippen LogP contribution in [-0.4, -0.2) is 26.6 Å². The molecule has 0 aliphatic carbocycles. The van der Waals surface area contributed by atoms with E-state index in [-0.39, 0.29) is 11.2 Å². The van der Waals surface area contributed by atoms with Gasteiger partial charge in [0.2, 0.25) is 5.91 Å². The van der Waals surface area contributed by atoms with Crippen molar-refractivity contribution in [1.82, 2.24) is 15.0 Å². The first-order valence-corrected chi connectivity index (χ1v) is 8.77. The fraction of sp³-hybridized carbons (Fsp3) is 0.267. The number of carbonyl (C=O) groups is 1. The van der Waals surface area contributed by atoms with E-state index in [9.17, 15) is 4.79 Å². The van der Waals surface area contributed by atoms with Gasteiger partial charge in [-0.2, -0.15) is 0 Å². The molecule has 7 heteroatoms. The Labute approximate surface area is 136 Å². The molecule has 2 aromatic heterocycles. The lowest BCUT2D eigenvalue weighted by molar-refractivity contribution is -0.113. The Morgan fingerprint density at radius 1 is 1.45 bits per heavy atom. The predicted octanol–water partition coefficient (Wildman–Crippen LogP) is 3.76. The van der Waals surface area contributed by atoms with Gasteiger partial charge in [0, 0.05) is 11.1 Å². The van der Waals surface area contributed by atoms with Gasteiger partial charge >= 0.3 is 0 Å². The predicted molar refractivity (Wildman–Crippen MR) is 92.4 cm³/mol. The molecule has 3 aromatic rings. The number of nitrogens with zero attached hydrogens (tertiary/aromatic N) is 2. The van der Waals surface area contributed by atoms with Gasteiger partial charge in [0.1, 0.15) is 5.82 Å². The van der Waals surface area contributed by atoms with E-state index in [1.807, 2.05) is 38.1 Å². The number of fused-ring (bicyclic) bond motifs is 1. The molecule has 5 nitrogen and oxygen atoms in total. The lowest BCUT2D eigenvalue weighted by atomic mass is 10.3. The van der Waals surface area contributed by atoms with Gasteiger partial charge in [0.05, 0.1) is 22.0 Å². The number of imidazole rings is 1. The number of thiazole rings is 1. The number of para-hydroxylation sites is 2. The van der Waals surface area contributed by atoms with E-state index >= 15 is 0 Å². The number of carbonyl (C=O) groups excluding carboxylic acids is 1. The number of nitrogens with one attached hydrogen (secondary N) is 2. The van der Waals surface area contributed by atoms with Gasteiger partial charge in [-0.05, 0) is 26.0 Å². The number of benzene rings is 1. The summed E-state index contributed by atoms with van der Waals surface area (Å²) in [4.78, 5) is 25.0. The van der Waals surface area contributed by atoms with Gasteiger partial charge in [-0.1, -0.05) is 12.1 Å². The van der Waals surface area contributed by atoms with Crippen LogP contribution in [0.2, 0.25) is 0 Å². The zero-order valence-corrected chi connectivity index (χ0v) is 13.9. The number of amides is 1. The molecule has 2 heterocycles. The second-order valence-corrected chi connectivity index (χ2v) is 7.48. The molecule has 0 aliphatic rings. The summed E-state index contributed by atoms with van der Waals surface area (Å²) in [5, 5.41) is 3.59. The molecule has 0 unspecified atom stereocenters. The van der Waals surface area contributed by atoms with E-state index < -0.39 is 0 Å². The molecule has 1 atom stereocenters. The molecule has 0 bridgehead atoms. The topological polar surface area (TPSA) is 70.7 Å². The SMILES string of the molecule is Cc1cnc(NC(=O)CS[C@H](C)c2nc3ccccc3[nH]2)s1. The summed E-state index contributed by atoms with van der Waals surface area (Å²) >= 11 is 3.03. The van der Waals surface area contributed by atoms with Crippen molar-refractivity contribution in [3.05, 3.63) is 41.2 Å². The average molecular weight is 332 g/mol. The fourth-order valence-corrected chi connectivity index (χ4v) is 3.44. The summed E-state index contributed by atoms with van der Waals surface area (Å²) in [5.41, 5.74) is 1.97. The summed E-state index contributed by atoms with van der Waals surface area (Å²) in [6, 6.07) is 7.92. The molecule has 0 aliphatic heterocycles. The minimum Gasteiger partial charge on any atom is -0.341 e.